The highest BCUT2D eigenvalue weighted by Crippen LogP contribution is 2.36. The lowest BCUT2D eigenvalue weighted by atomic mass is 10.1. The molecule has 1 aromatic rings. The second kappa shape index (κ2) is 9.94. The Balaban J connectivity index is 2.59. The van der Waals surface area contributed by atoms with Crippen molar-refractivity contribution in [2.45, 2.75) is 32.6 Å². The number of ether oxygens (including phenoxy) is 2. The van der Waals surface area contributed by atoms with Crippen LogP contribution in [-0.2, 0) is 16.0 Å². The van der Waals surface area contributed by atoms with Gasteiger partial charge in [0, 0.05) is 13.0 Å². The summed E-state index contributed by atoms with van der Waals surface area (Å²) in [5, 5.41) is 11.7. The van der Waals surface area contributed by atoms with Crippen LogP contribution in [0.25, 0.3) is 0 Å². The molecule has 1 rings (SSSR count). The Morgan fingerprint density at radius 1 is 1.30 bits per heavy atom. The molecule has 0 saturated heterocycles. The van der Waals surface area contributed by atoms with Gasteiger partial charge in [-0.2, -0.15) is 0 Å². The molecule has 0 saturated carbocycles. The van der Waals surface area contributed by atoms with Gasteiger partial charge in [-0.15, -0.1) is 0 Å². The zero-order chi connectivity index (χ0) is 17.2. The second-order valence-electron chi connectivity index (χ2n) is 4.95. The van der Waals surface area contributed by atoms with Crippen LogP contribution in [0.3, 0.4) is 0 Å². The van der Waals surface area contributed by atoms with Crippen LogP contribution in [0.5, 0.6) is 11.5 Å². The maximum Gasteiger partial charge on any atom is 0.303 e. The number of hydrogen-bond acceptors (Lipinski definition) is 4. The molecule has 0 heterocycles. The molecular weight excluding hydrogens is 322 g/mol. The molecule has 0 radical (unpaired) electrons. The Kier molecular flexibility index (Phi) is 8.26. The van der Waals surface area contributed by atoms with E-state index in [0.29, 0.717) is 36.1 Å². The van der Waals surface area contributed by atoms with Crippen molar-refractivity contribution >= 4 is 23.5 Å². The first-order valence-corrected chi connectivity index (χ1v) is 7.83. The van der Waals surface area contributed by atoms with Gasteiger partial charge < -0.3 is 19.9 Å². The third-order valence-electron chi connectivity index (χ3n) is 3.04. The van der Waals surface area contributed by atoms with Crippen molar-refractivity contribution in [2.75, 3.05) is 20.3 Å². The van der Waals surface area contributed by atoms with Gasteiger partial charge in [0.2, 0.25) is 5.91 Å². The van der Waals surface area contributed by atoms with Crippen LogP contribution in [0, 0.1) is 0 Å². The van der Waals surface area contributed by atoms with E-state index in [1.54, 1.807) is 13.2 Å². The summed E-state index contributed by atoms with van der Waals surface area (Å²) >= 11 is 6.22. The van der Waals surface area contributed by atoms with E-state index < -0.39 is 5.97 Å². The van der Waals surface area contributed by atoms with Gasteiger partial charge in [-0.25, -0.2) is 0 Å². The highest BCUT2D eigenvalue weighted by Gasteiger charge is 2.12. The molecule has 0 aliphatic carbocycles. The molecule has 7 heteroatoms. The Labute approximate surface area is 140 Å². The van der Waals surface area contributed by atoms with E-state index in [1.807, 2.05) is 13.0 Å². The van der Waals surface area contributed by atoms with Gasteiger partial charge in [0.25, 0.3) is 0 Å². The predicted octanol–water partition coefficient (Wildman–Crippen LogP) is 2.66. The molecule has 1 aromatic carbocycles. The van der Waals surface area contributed by atoms with Crippen molar-refractivity contribution in [3.05, 3.63) is 22.7 Å². The van der Waals surface area contributed by atoms with Gasteiger partial charge in [0.1, 0.15) is 0 Å². The largest absolute Gasteiger partial charge is 0.493 e. The SMILES string of the molecule is CCCOc1c(Cl)cc(CCNC(=O)CCC(=O)O)cc1OC. The van der Waals surface area contributed by atoms with Crippen molar-refractivity contribution < 1.29 is 24.2 Å². The first-order chi connectivity index (χ1) is 11.0. The first kappa shape index (κ1) is 19.1. The number of nitrogens with one attached hydrogen (secondary N) is 1. The van der Waals surface area contributed by atoms with Crippen LogP contribution >= 0.6 is 11.6 Å². The van der Waals surface area contributed by atoms with E-state index >= 15 is 0 Å². The quantitative estimate of drug-likeness (QED) is 0.682. The second-order valence-corrected chi connectivity index (χ2v) is 5.36. The third-order valence-corrected chi connectivity index (χ3v) is 3.32. The summed E-state index contributed by atoms with van der Waals surface area (Å²) in [5.41, 5.74) is 0.897. The van der Waals surface area contributed by atoms with Crippen molar-refractivity contribution in [3.8, 4) is 11.5 Å². The Morgan fingerprint density at radius 2 is 2.04 bits per heavy atom. The number of carboxylic acid groups (broad SMARTS) is 1. The fourth-order valence-electron chi connectivity index (χ4n) is 1.92. The van der Waals surface area contributed by atoms with E-state index in [2.05, 4.69) is 5.32 Å². The zero-order valence-electron chi connectivity index (χ0n) is 13.4. The third kappa shape index (κ3) is 6.78. The summed E-state index contributed by atoms with van der Waals surface area (Å²) in [6.07, 6.45) is 1.23. The van der Waals surface area contributed by atoms with E-state index in [9.17, 15) is 9.59 Å². The Bertz CT molecular complexity index is 548. The minimum atomic E-state index is -0.987. The predicted molar refractivity (Wildman–Crippen MR) is 87.4 cm³/mol. The highest BCUT2D eigenvalue weighted by molar-refractivity contribution is 6.32. The fourth-order valence-corrected chi connectivity index (χ4v) is 2.20. The topological polar surface area (TPSA) is 84.9 Å². The molecule has 0 aliphatic rings. The molecule has 23 heavy (non-hydrogen) atoms. The van der Waals surface area contributed by atoms with Gasteiger partial charge in [0.15, 0.2) is 11.5 Å². The summed E-state index contributed by atoms with van der Waals surface area (Å²) in [6.45, 7) is 2.95. The molecular formula is C16H22ClNO5. The van der Waals surface area contributed by atoms with Gasteiger partial charge in [0.05, 0.1) is 25.2 Å². The summed E-state index contributed by atoms with van der Waals surface area (Å²) in [6, 6.07) is 3.60. The number of carboxylic acids is 1. The van der Waals surface area contributed by atoms with Gasteiger partial charge in [-0.1, -0.05) is 18.5 Å². The lowest BCUT2D eigenvalue weighted by Crippen LogP contribution is -2.26. The fraction of sp³-hybridized carbons (Fsp3) is 0.500. The van der Waals surface area contributed by atoms with Crippen LogP contribution in [0.1, 0.15) is 31.7 Å². The first-order valence-electron chi connectivity index (χ1n) is 7.45. The number of halogens is 1. The highest BCUT2D eigenvalue weighted by atomic mass is 35.5. The van der Waals surface area contributed by atoms with Crippen molar-refractivity contribution in [1.82, 2.24) is 5.32 Å². The Hall–Kier alpha value is -1.95. The molecule has 128 valence electrons. The van der Waals surface area contributed by atoms with Crippen LogP contribution in [0.4, 0.5) is 0 Å². The average Bonchev–Trinajstić information content (AvgIpc) is 2.51. The summed E-state index contributed by atoms with van der Waals surface area (Å²) in [4.78, 5) is 21.8. The van der Waals surface area contributed by atoms with Crippen LogP contribution < -0.4 is 14.8 Å². The lowest BCUT2D eigenvalue weighted by Gasteiger charge is -2.14. The number of aliphatic carboxylic acids is 1. The molecule has 0 aromatic heterocycles. The number of carbonyl (C=O) groups is 2. The molecule has 2 N–H and O–H groups in total. The smallest absolute Gasteiger partial charge is 0.303 e. The molecule has 1 amide bonds. The summed E-state index contributed by atoms with van der Waals surface area (Å²) in [5.74, 6) is -0.198. The standard InChI is InChI=1S/C16H22ClNO5/c1-3-8-23-16-12(17)9-11(10-13(16)22-2)6-7-18-14(19)4-5-15(20)21/h9-10H,3-8H2,1-2H3,(H,18,19)(H,20,21). The van der Waals surface area contributed by atoms with E-state index in [4.69, 9.17) is 26.2 Å². The summed E-state index contributed by atoms with van der Waals surface area (Å²) in [7, 11) is 1.54. The van der Waals surface area contributed by atoms with Crippen LogP contribution in [-0.4, -0.2) is 37.2 Å². The van der Waals surface area contributed by atoms with E-state index in [1.165, 1.54) is 0 Å². The summed E-state index contributed by atoms with van der Waals surface area (Å²) < 4.78 is 10.9. The number of benzene rings is 1. The van der Waals surface area contributed by atoms with Crippen LogP contribution in [0.2, 0.25) is 5.02 Å². The number of carbonyl (C=O) groups excluding carboxylic acids is 1. The lowest BCUT2D eigenvalue weighted by molar-refractivity contribution is -0.138. The number of rotatable bonds is 10. The maximum absolute atomic E-state index is 11.5. The van der Waals surface area contributed by atoms with Crippen molar-refractivity contribution in [3.63, 3.8) is 0 Å². The molecule has 0 fully saturated rings. The maximum atomic E-state index is 11.5. The van der Waals surface area contributed by atoms with Gasteiger partial charge in [-0.3, -0.25) is 9.59 Å². The molecule has 6 nitrogen and oxygen atoms in total. The molecule has 0 bridgehead atoms. The zero-order valence-corrected chi connectivity index (χ0v) is 14.1. The molecule has 0 spiro atoms. The monoisotopic (exact) mass is 343 g/mol. The van der Waals surface area contributed by atoms with Crippen molar-refractivity contribution in [1.29, 1.82) is 0 Å². The molecule has 0 atom stereocenters. The molecule has 0 aliphatic heterocycles. The minimum absolute atomic E-state index is 0.0246. The Morgan fingerprint density at radius 3 is 2.65 bits per heavy atom. The normalized spacial score (nSPS) is 10.2. The number of hydrogen-bond donors (Lipinski definition) is 2. The van der Waals surface area contributed by atoms with E-state index in [0.717, 1.165) is 12.0 Å². The minimum Gasteiger partial charge on any atom is -0.493 e. The average molecular weight is 344 g/mol. The van der Waals surface area contributed by atoms with Gasteiger partial charge >= 0.3 is 5.97 Å². The van der Waals surface area contributed by atoms with Crippen LogP contribution in [0.15, 0.2) is 12.1 Å². The van der Waals surface area contributed by atoms with Gasteiger partial charge in [-0.05, 0) is 30.5 Å². The van der Waals surface area contributed by atoms with E-state index in [-0.39, 0.29) is 18.7 Å². The number of methoxy groups -OCH3 is 1. The molecule has 0 unspecified atom stereocenters. The number of amides is 1. The van der Waals surface area contributed by atoms with Crippen molar-refractivity contribution in [2.24, 2.45) is 0 Å².